The molecule has 4 heteroatoms. The number of hydrogen-bond acceptors (Lipinski definition) is 4. The molecule has 1 unspecified atom stereocenters. The van der Waals surface area contributed by atoms with Gasteiger partial charge in [0.1, 0.15) is 17.2 Å². The van der Waals surface area contributed by atoms with Gasteiger partial charge in [-0.1, -0.05) is 12.1 Å². The van der Waals surface area contributed by atoms with Crippen LogP contribution in [0.2, 0.25) is 0 Å². The molecule has 0 fully saturated rings. The first-order chi connectivity index (χ1) is 11.3. The summed E-state index contributed by atoms with van der Waals surface area (Å²) < 4.78 is 15.9. The molecular formula is C19H21NO3. The van der Waals surface area contributed by atoms with Crippen LogP contribution in [0.15, 0.2) is 48.5 Å². The number of hydrogen-bond donors (Lipinski definition) is 0. The van der Waals surface area contributed by atoms with Crippen molar-refractivity contribution in [2.24, 2.45) is 0 Å². The van der Waals surface area contributed by atoms with E-state index in [1.807, 2.05) is 48.5 Å². The van der Waals surface area contributed by atoms with Crippen LogP contribution < -0.4 is 14.2 Å². The van der Waals surface area contributed by atoms with Gasteiger partial charge < -0.3 is 14.2 Å². The molecule has 2 rings (SSSR count). The molecule has 0 heterocycles. The number of nitriles is 1. The summed E-state index contributed by atoms with van der Waals surface area (Å²) in [5, 5.41) is 9.34. The molecule has 0 spiro atoms. The van der Waals surface area contributed by atoms with E-state index in [0.29, 0.717) is 6.61 Å². The number of methoxy groups -OCH3 is 2. The highest BCUT2D eigenvalue weighted by Gasteiger charge is 2.10. The third kappa shape index (κ3) is 4.93. The molecule has 120 valence electrons. The first-order valence-electron chi connectivity index (χ1n) is 7.57. The predicted octanol–water partition coefficient (Wildman–Crippen LogP) is 4.17. The van der Waals surface area contributed by atoms with Gasteiger partial charge in [-0.15, -0.1) is 0 Å². The summed E-state index contributed by atoms with van der Waals surface area (Å²) in [4.78, 5) is 0. The number of rotatable bonds is 8. The zero-order valence-corrected chi connectivity index (χ0v) is 13.5. The number of benzene rings is 2. The van der Waals surface area contributed by atoms with Crippen LogP contribution in [0.1, 0.15) is 24.3 Å². The maximum atomic E-state index is 9.34. The first-order valence-corrected chi connectivity index (χ1v) is 7.57. The van der Waals surface area contributed by atoms with Crippen molar-refractivity contribution in [2.75, 3.05) is 20.8 Å². The van der Waals surface area contributed by atoms with Crippen LogP contribution >= 0.6 is 0 Å². The van der Waals surface area contributed by atoms with Gasteiger partial charge in [0, 0.05) is 0 Å². The molecule has 0 amide bonds. The average molecular weight is 311 g/mol. The van der Waals surface area contributed by atoms with E-state index in [-0.39, 0.29) is 5.92 Å². The van der Waals surface area contributed by atoms with Crippen LogP contribution in [0, 0.1) is 11.3 Å². The molecule has 0 saturated heterocycles. The molecule has 1 atom stereocenters. The molecule has 0 aromatic heterocycles. The Hall–Kier alpha value is -2.67. The van der Waals surface area contributed by atoms with Crippen LogP contribution in [0.25, 0.3) is 0 Å². The van der Waals surface area contributed by atoms with Crippen molar-refractivity contribution in [3.8, 4) is 23.3 Å². The van der Waals surface area contributed by atoms with Gasteiger partial charge in [-0.05, 0) is 54.8 Å². The van der Waals surface area contributed by atoms with E-state index in [0.717, 1.165) is 35.7 Å². The molecule has 0 aliphatic carbocycles. The zero-order chi connectivity index (χ0) is 16.5. The highest BCUT2D eigenvalue weighted by Crippen LogP contribution is 2.23. The zero-order valence-electron chi connectivity index (χ0n) is 13.5. The molecule has 0 aliphatic rings. The minimum atomic E-state index is -0.125. The molecule has 0 N–H and O–H groups in total. The number of ether oxygens (including phenoxy) is 3. The fourth-order valence-corrected chi connectivity index (χ4v) is 2.29. The lowest BCUT2D eigenvalue weighted by Crippen LogP contribution is -2.02. The van der Waals surface area contributed by atoms with Crippen molar-refractivity contribution in [3.05, 3.63) is 54.1 Å². The lowest BCUT2D eigenvalue weighted by atomic mass is 9.96. The summed E-state index contributed by atoms with van der Waals surface area (Å²) in [6.45, 7) is 0.584. The quantitative estimate of drug-likeness (QED) is 0.687. The summed E-state index contributed by atoms with van der Waals surface area (Å²) in [5.41, 5.74) is 1.01. The van der Waals surface area contributed by atoms with Crippen molar-refractivity contribution in [1.82, 2.24) is 0 Å². The molecule has 0 aliphatic heterocycles. The Balaban J connectivity index is 1.79. The van der Waals surface area contributed by atoms with Gasteiger partial charge in [-0.25, -0.2) is 0 Å². The van der Waals surface area contributed by atoms with Crippen molar-refractivity contribution < 1.29 is 14.2 Å². The summed E-state index contributed by atoms with van der Waals surface area (Å²) in [6, 6.07) is 17.5. The van der Waals surface area contributed by atoms with E-state index in [4.69, 9.17) is 14.2 Å². The van der Waals surface area contributed by atoms with Crippen LogP contribution in [-0.2, 0) is 0 Å². The van der Waals surface area contributed by atoms with Crippen LogP contribution in [0.5, 0.6) is 17.2 Å². The van der Waals surface area contributed by atoms with Gasteiger partial charge in [0.25, 0.3) is 0 Å². The normalized spacial score (nSPS) is 11.3. The molecule has 0 bridgehead atoms. The Labute approximate surface area is 137 Å². The van der Waals surface area contributed by atoms with Crippen LogP contribution in [-0.4, -0.2) is 20.8 Å². The SMILES string of the molecule is COc1ccc(OCCCC(C#N)c2ccc(OC)cc2)cc1. The minimum absolute atomic E-state index is 0.125. The third-order valence-electron chi connectivity index (χ3n) is 3.64. The lowest BCUT2D eigenvalue weighted by molar-refractivity contribution is 0.304. The largest absolute Gasteiger partial charge is 0.497 e. The maximum absolute atomic E-state index is 9.34. The van der Waals surface area contributed by atoms with Crippen molar-refractivity contribution in [3.63, 3.8) is 0 Å². The summed E-state index contributed by atoms with van der Waals surface area (Å²) in [6.07, 6.45) is 1.58. The maximum Gasteiger partial charge on any atom is 0.119 e. The smallest absolute Gasteiger partial charge is 0.119 e. The third-order valence-corrected chi connectivity index (χ3v) is 3.64. The predicted molar refractivity (Wildman–Crippen MR) is 89.1 cm³/mol. The standard InChI is InChI=1S/C19H21NO3/c1-21-17-7-5-15(6-8-17)16(14-20)4-3-13-23-19-11-9-18(22-2)10-12-19/h5-12,16H,3-4,13H2,1-2H3. The van der Waals surface area contributed by atoms with E-state index in [2.05, 4.69) is 6.07 Å². The van der Waals surface area contributed by atoms with Crippen molar-refractivity contribution in [1.29, 1.82) is 5.26 Å². The molecule has 4 nitrogen and oxygen atoms in total. The number of nitrogens with zero attached hydrogens (tertiary/aromatic N) is 1. The fourth-order valence-electron chi connectivity index (χ4n) is 2.29. The lowest BCUT2D eigenvalue weighted by Gasteiger charge is -2.11. The van der Waals surface area contributed by atoms with Gasteiger partial charge in [0.15, 0.2) is 0 Å². The Morgan fingerprint density at radius 1 is 0.870 bits per heavy atom. The van der Waals surface area contributed by atoms with Crippen LogP contribution in [0.4, 0.5) is 0 Å². The molecule has 2 aromatic carbocycles. The second-order valence-corrected chi connectivity index (χ2v) is 5.12. The van der Waals surface area contributed by atoms with E-state index < -0.39 is 0 Å². The van der Waals surface area contributed by atoms with E-state index in [9.17, 15) is 5.26 Å². The van der Waals surface area contributed by atoms with E-state index in [1.54, 1.807) is 14.2 Å². The summed E-state index contributed by atoms with van der Waals surface area (Å²) in [7, 11) is 3.27. The van der Waals surface area contributed by atoms with Gasteiger partial charge in [0.05, 0.1) is 32.8 Å². The van der Waals surface area contributed by atoms with Gasteiger partial charge >= 0.3 is 0 Å². The minimum Gasteiger partial charge on any atom is -0.497 e. The Kier molecular flexibility index (Phi) is 6.31. The molecular weight excluding hydrogens is 290 g/mol. The first kappa shape index (κ1) is 16.7. The van der Waals surface area contributed by atoms with Gasteiger partial charge in [-0.2, -0.15) is 5.26 Å². The second kappa shape index (κ2) is 8.70. The topological polar surface area (TPSA) is 51.5 Å². The highest BCUT2D eigenvalue weighted by atomic mass is 16.5. The molecule has 0 radical (unpaired) electrons. The molecule has 23 heavy (non-hydrogen) atoms. The molecule has 2 aromatic rings. The Morgan fingerprint density at radius 2 is 1.39 bits per heavy atom. The van der Waals surface area contributed by atoms with Crippen LogP contribution in [0.3, 0.4) is 0 Å². The Morgan fingerprint density at radius 3 is 1.91 bits per heavy atom. The van der Waals surface area contributed by atoms with Crippen molar-refractivity contribution >= 4 is 0 Å². The van der Waals surface area contributed by atoms with Crippen molar-refractivity contribution in [2.45, 2.75) is 18.8 Å². The van der Waals surface area contributed by atoms with Gasteiger partial charge in [0.2, 0.25) is 0 Å². The molecule has 0 saturated carbocycles. The van der Waals surface area contributed by atoms with E-state index in [1.165, 1.54) is 0 Å². The summed E-state index contributed by atoms with van der Waals surface area (Å²) in [5.74, 6) is 2.29. The second-order valence-electron chi connectivity index (χ2n) is 5.12. The van der Waals surface area contributed by atoms with E-state index >= 15 is 0 Å². The highest BCUT2D eigenvalue weighted by molar-refractivity contribution is 5.32. The fraction of sp³-hybridized carbons (Fsp3) is 0.316. The van der Waals surface area contributed by atoms with Gasteiger partial charge in [-0.3, -0.25) is 0 Å². The monoisotopic (exact) mass is 311 g/mol. The Bertz CT molecular complexity index is 629. The average Bonchev–Trinajstić information content (AvgIpc) is 2.62. The summed E-state index contributed by atoms with van der Waals surface area (Å²) >= 11 is 0.